The Labute approximate surface area is 151 Å². The van der Waals surface area contributed by atoms with Gasteiger partial charge >= 0.3 is 18.2 Å². The van der Waals surface area contributed by atoms with E-state index in [-0.39, 0.29) is 21.2 Å². The van der Waals surface area contributed by atoms with Gasteiger partial charge in [0, 0.05) is 16.7 Å². The lowest BCUT2D eigenvalue weighted by atomic mass is 10.2. The number of benzene rings is 2. The number of hydrogen-bond acceptors (Lipinski definition) is 4. The fraction of sp³-hybridized carbons (Fsp3) is 0.125. The van der Waals surface area contributed by atoms with E-state index in [1.54, 1.807) is 0 Å². The van der Waals surface area contributed by atoms with Crippen LogP contribution in [0.3, 0.4) is 0 Å². The molecule has 0 amide bonds. The van der Waals surface area contributed by atoms with Crippen LogP contribution >= 0.6 is 0 Å². The number of nitrogens with zero attached hydrogens (tertiary/aromatic N) is 2. The minimum Gasteiger partial charge on any atom is -0.606 e. The highest BCUT2D eigenvalue weighted by Gasteiger charge is 2.38. The van der Waals surface area contributed by atoms with Crippen LogP contribution in [-0.2, 0) is 23.5 Å². The molecule has 0 bridgehead atoms. The summed E-state index contributed by atoms with van der Waals surface area (Å²) in [4.78, 5) is 3.63. The Kier molecular flexibility index (Phi) is 4.91. The maximum atomic E-state index is 12.6. The van der Waals surface area contributed by atoms with Crippen LogP contribution < -0.4 is 0 Å². The van der Waals surface area contributed by atoms with Gasteiger partial charge in [-0.25, -0.2) is 0 Å². The van der Waals surface area contributed by atoms with Crippen LogP contribution in [0.2, 0.25) is 0 Å². The summed E-state index contributed by atoms with van der Waals surface area (Å²) in [5.74, 6) is -1.79. The lowest BCUT2D eigenvalue weighted by molar-refractivity contribution is -0.159. The van der Waals surface area contributed by atoms with Gasteiger partial charge in [-0.2, -0.15) is 31.3 Å². The molecule has 0 aliphatic rings. The number of halogens is 6. The molecule has 1 atom stereocenters. The first-order chi connectivity index (χ1) is 12.6. The number of rotatable bonds is 3. The molecule has 1 heterocycles. The highest BCUT2D eigenvalue weighted by Crippen LogP contribution is 2.32. The molecule has 0 aliphatic heterocycles. The molecule has 3 rings (SSSR count). The third-order valence-corrected chi connectivity index (χ3v) is 4.79. The lowest BCUT2D eigenvalue weighted by Crippen LogP contribution is -2.06. The van der Waals surface area contributed by atoms with E-state index in [1.165, 1.54) is 24.3 Å². The average molecular weight is 406 g/mol. The fourth-order valence-corrected chi connectivity index (χ4v) is 3.13. The SMILES string of the molecule is [O-][S+](c1ccc(-c2noc(C(F)(F)F)n2)cc1)c1ccc(C(F)(F)F)cc1. The van der Waals surface area contributed by atoms with Crippen LogP contribution in [0.15, 0.2) is 62.8 Å². The smallest absolute Gasteiger partial charge is 0.471 e. The fourth-order valence-electron chi connectivity index (χ4n) is 2.09. The molecule has 0 spiro atoms. The molecule has 4 nitrogen and oxygen atoms in total. The lowest BCUT2D eigenvalue weighted by Gasteiger charge is -2.11. The van der Waals surface area contributed by atoms with E-state index in [0.717, 1.165) is 24.3 Å². The Morgan fingerprint density at radius 2 is 1.30 bits per heavy atom. The summed E-state index contributed by atoms with van der Waals surface area (Å²) in [5, 5.41) is 3.23. The first-order valence-corrected chi connectivity index (χ1v) is 8.31. The second-order valence-electron chi connectivity index (χ2n) is 5.24. The van der Waals surface area contributed by atoms with Crippen LogP contribution in [0.25, 0.3) is 11.4 Å². The van der Waals surface area contributed by atoms with E-state index >= 15 is 0 Å². The number of hydrogen-bond donors (Lipinski definition) is 0. The average Bonchev–Trinajstić information content (AvgIpc) is 3.11. The monoisotopic (exact) mass is 406 g/mol. The van der Waals surface area contributed by atoms with Gasteiger partial charge in [0.2, 0.25) is 5.82 Å². The molecule has 0 aliphatic carbocycles. The van der Waals surface area contributed by atoms with Crippen LogP contribution in [0, 0.1) is 0 Å². The van der Waals surface area contributed by atoms with Crippen molar-refractivity contribution in [2.24, 2.45) is 0 Å². The molecule has 0 saturated carbocycles. The van der Waals surface area contributed by atoms with Gasteiger partial charge in [-0.15, -0.1) is 0 Å². The van der Waals surface area contributed by atoms with Crippen LogP contribution in [0.1, 0.15) is 11.5 Å². The van der Waals surface area contributed by atoms with Crippen molar-refractivity contribution in [2.45, 2.75) is 22.1 Å². The van der Waals surface area contributed by atoms with Gasteiger partial charge in [0.25, 0.3) is 0 Å². The van der Waals surface area contributed by atoms with Gasteiger partial charge in [-0.05, 0) is 48.5 Å². The molecule has 1 unspecified atom stereocenters. The Morgan fingerprint density at radius 3 is 1.74 bits per heavy atom. The van der Waals surface area contributed by atoms with Crippen molar-refractivity contribution in [3.05, 3.63) is 60.0 Å². The minimum atomic E-state index is -4.77. The van der Waals surface area contributed by atoms with Crippen molar-refractivity contribution in [2.75, 3.05) is 0 Å². The van der Waals surface area contributed by atoms with E-state index in [2.05, 4.69) is 14.7 Å². The quantitative estimate of drug-likeness (QED) is 0.457. The van der Waals surface area contributed by atoms with Gasteiger partial charge in [0.05, 0.1) is 5.56 Å². The normalized spacial score (nSPS) is 13.6. The third kappa shape index (κ3) is 4.25. The summed E-state index contributed by atoms with van der Waals surface area (Å²) in [6.07, 6.45) is -9.27. The van der Waals surface area contributed by atoms with Gasteiger partial charge < -0.3 is 9.08 Å². The van der Waals surface area contributed by atoms with Crippen molar-refractivity contribution < 1.29 is 35.4 Å². The standard InChI is InChI=1S/C16H8F6N2O2S/c17-15(18,19)10-3-7-12(8-4-10)27(25)11-5-1-9(2-6-11)13-23-14(26-24-13)16(20,21)22/h1-8H. The zero-order valence-electron chi connectivity index (χ0n) is 13.0. The van der Waals surface area contributed by atoms with Gasteiger partial charge in [-0.3, -0.25) is 0 Å². The summed E-state index contributed by atoms with van der Waals surface area (Å²) in [6.45, 7) is 0. The molecule has 0 radical (unpaired) electrons. The molecule has 3 aromatic rings. The van der Waals surface area contributed by atoms with Crippen LogP contribution in [0.4, 0.5) is 26.3 Å². The molecule has 1 aromatic heterocycles. The predicted octanol–water partition coefficient (Wildman–Crippen LogP) is 4.94. The van der Waals surface area contributed by atoms with Crippen molar-refractivity contribution in [1.29, 1.82) is 0 Å². The summed E-state index contributed by atoms with van der Waals surface area (Å²) in [7, 11) is 0. The highest BCUT2D eigenvalue weighted by atomic mass is 32.2. The molecule has 27 heavy (non-hydrogen) atoms. The topological polar surface area (TPSA) is 62.0 Å². The first-order valence-electron chi connectivity index (χ1n) is 7.16. The maximum absolute atomic E-state index is 12.6. The molecule has 0 fully saturated rings. The predicted molar refractivity (Wildman–Crippen MR) is 80.9 cm³/mol. The van der Waals surface area contributed by atoms with Crippen molar-refractivity contribution >= 4 is 11.2 Å². The largest absolute Gasteiger partial charge is 0.606 e. The van der Waals surface area contributed by atoms with Gasteiger partial charge in [0.1, 0.15) is 0 Å². The molecular formula is C16H8F6N2O2S. The molecule has 0 saturated heterocycles. The number of alkyl halides is 6. The van der Waals surface area contributed by atoms with Crippen molar-refractivity contribution in [3.8, 4) is 11.4 Å². The maximum Gasteiger partial charge on any atom is 0.471 e. The zero-order valence-corrected chi connectivity index (χ0v) is 13.8. The van der Waals surface area contributed by atoms with Crippen LogP contribution in [-0.4, -0.2) is 14.7 Å². The number of aromatic nitrogens is 2. The molecular weight excluding hydrogens is 398 g/mol. The first kappa shape index (κ1) is 19.2. The van der Waals surface area contributed by atoms with E-state index in [1.807, 2.05) is 0 Å². The van der Waals surface area contributed by atoms with E-state index < -0.39 is 35.0 Å². The second kappa shape index (κ2) is 6.89. The van der Waals surface area contributed by atoms with E-state index in [0.29, 0.717) is 0 Å². The van der Waals surface area contributed by atoms with Crippen LogP contribution in [0.5, 0.6) is 0 Å². The summed E-state index contributed by atoms with van der Waals surface area (Å²) in [6, 6.07) is 9.21. The summed E-state index contributed by atoms with van der Waals surface area (Å²) < 4.78 is 91.6. The Morgan fingerprint density at radius 1 is 0.778 bits per heavy atom. The van der Waals surface area contributed by atoms with Gasteiger partial charge in [0.15, 0.2) is 9.79 Å². The second-order valence-corrected chi connectivity index (χ2v) is 6.72. The molecule has 142 valence electrons. The Balaban J connectivity index is 1.79. The van der Waals surface area contributed by atoms with Crippen molar-refractivity contribution in [3.63, 3.8) is 0 Å². The molecule has 2 aromatic carbocycles. The van der Waals surface area contributed by atoms with E-state index in [9.17, 15) is 30.9 Å². The van der Waals surface area contributed by atoms with Gasteiger partial charge in [-0.1, -0.05) is 5.16 Å². The molecule has 11 heteroatoms. The summed E-state index contributed by atoms with van der Waals surface area (Å²) in [5.41, 5.74) is -0.668. The minimum absolute atomic E-state index is 0.148. The summed E-state index contributed by atoms with van der Waals surface area (Å²) >= 11 is -1.77. The highest BCUT2D eigenvalue weighted by molar-refractivity contribution is 7.91. The third-order valence-electron chi connectivity index (χ3n) is 3.39. The Bertz CT molecular complexity index is 920. The van der Waals surface area contributed by atoms with E-state index in [4.69, 9.17) is 0 Å². The zero-order chi connectivity index (χ0) is 19.8. The van der Waals surface area contributed by atoms with Crippen molar-refractivity contribution in [1.82, 2.24) is 10.1 Å². The molecule has 0 N–H and O–H groups in total. The Hall–Kier alpha value is -2.53.